The number of piperazine rings is 1. The van der Waals surface area contributed by atoms with Gasteiger partial charge in [-0.1, -0.05) is 44.2 Å². The number of aryl methyl sites for hydroxylation is 1. The normalized spacial score (nSPS) is 13.3. The van der Waals surface area contributed by atoms with E-state index in [-0.39, 0.29) is 17.5 Å². The van der Waals surface area contributed by atoms with Gasteiger partial charge in [-0.15, -0.1) is 0 Å². The van der Waals surface area contributed by atoms with Crippen LogP contribution in [0.4, 0.5) is 10.2 Å². The van der Waals surface area contributed by atoms with Gasteiger partial charge in [0.1, 0.15) is 22.9 Å². The first-order valence-electron chi connectivity index (χ1n) is 16.1. The van der Waals surface area contributed by atoms with Gasteiger partial charge in [0.05, 0.1) is 11.3 Å². The maximum atomic E-state index is 14.7. The number of pyridine rings is 2. The quantitative estimate of drug-likeness (QED) is 0.204. The lowest BCUT2D eigenvalue weighted by Gasteiger charge is -2.34. The van der Waals surface area contributed by atoms with Crippen LogP contribution in [-0.2, 0) is 6.54 Å². The summed E-state index contributed by atoms with van der Waals surface area (Å²) in [7, 11) is 0. The largest absolute Gasteiger partial charge is 0.508 e. The maximum absolute atomic E-state index is 14.7. The fraction of sp³-hybridized carbons (Fsp3) is 0.211. The number of carbonyl (C=O) groups is 1. The number of amides is 1. The van der Waals surface area contributed by atoms with Gasteiger partial charge in [-0.2, -0.15) is 0 Å². The van der Waals surface area contributed by atoms with Crippen LogP contribution in [0.3, 0.4) is 0 Å². The Morgan fingerprint density at radius 1 is 0.875 bits per heavy atom. The summed E-state index contributed by atoms with van der Waals surface area (Å²) in [4.78, 5) is 31.2. The summed E-state index contributed by atoms with van der Waals surface area (Å²) < 4.78 is 16.6. The molecule has 3 aromatic heterocycles. The smallest absolute Gasteiger partial charge is 0.254 e. The van der Waals surface area contributed by atoms with E-state index in [1.165, 1.54) is 6.07 Å². The summed E-state index contributed by atoms with van der Waals surface area (Å²) in [6.07, 6.45) is 1.64. The van der Waals surface area contributed by atoms with Crippen LogP contribution in [0.2, 0.25) is 0 Å². The van der Waals surface area contributed by atoms with Crippen molar-refractivity contribution in [2.75, 3.05) is 31.9 Å². The molecule has 3 aromatic carbocycles. The number of phenolic OH excluding ortho intramolecular Hbond substituents is 1. The zero-order valence-electron chi connectivity index (χ0n) is 27.3. The summed E-state index contributed by atoms with van der Waals surface area (Å²) in [6.45, 7) is 9.24. The highest BCUT2D eigenvalue weighted by molar-refractivity contribution is 5.94. The SMILES string of the molecule is CC.Cc1ccc(C(=O)N2CCN(Cc3ccc(-n4c(-c5cccnc5N)nc5ccc(-c6ccccc6F)nc54)cc3)CC2)cc1O. The third-order valence-electron chi connectivity index (χ3n) is 8.45. The van der Waals surface area contributed by atoms with Crippen molar-refractivity contribution in [1.82, 2.24) is 29.3 Å². The maximum Gasteiger partial charge on any atom is 0.254 e. The van der Waals surface area contributed by atoms with Crippen molar-refractivity contribution in [3.63, 3.8) is 0 Å². The number of hydrogen-bond acceptors (Lipinski definition) is 7. The van der Waals surface area contributed by atoms with E-state index in [9.17, 15) is 14.3 Å². The average Bonchev–Trinajstić information content (AvgIpc) is 3.49. The first kappa shape index (κ1) is 32.3. The van der Waals surface area contributed by atoms with Crippen LogP contribution < -0.4 is 5.73 Å². The van der Waals surface area contributed by atoms with Crippen molar-refractivity contribution in [2.24, 2.45) is 0 Å². The van der Waals surface area contributed by atoms with Gasteiger partial charge in [-0.25, -0.2) is 19.3 Å². The van der Waals surface area contributed by atoms with E-state index in [1.807, 2.05) is 60.6 Å². The van der Waals surface area contributed by atoms with E-state index in [0.29, 0.717) is 58.3 Å². The number of rotatable bonds is 6. The lowest BCUT2D eigenvalue weighted by Crippen LogP contribution is -2.48. The fourth-order valence-corrected chi connectivity index (χ4v) is 5.85. The van der Waals surface area contributed by atoms with E-state index < -0.39 is 0 Å². The van der Waals surface area contributed by atoms with Crippen LogP contribution in [0.25, 0.3) is 39.5 Å². The Hall–Kier alpha value is -5.61. The van der Waals surface area contributed by atoms with Crippen LogP contribution in [0.15, 0.2) is 97.2 Å². The highest BCUT2D eigenvalue weighted by atomic mass is 19.1. The predicted octanol–water partition coefficient (Wildman–Crippen LogP) is 6.87. The Labute approximate surface area is 279 Å². The fourth-order valence-electron chi connectivity index (χ4n) is 5.85. The molecule has 1 aliphatic heterocycles. The molecule has 1 fully saturated rings. The first-order chi connectivity index (χ1) is 23.4. The number of halogens is 1. The molecule has 0 bridgehead atoms. The van der Waals surface area contributed by atoms with Gasteiger partial charge in [0.25, 0.3) is 5.91 Å². The second-order valence-electron chi connectivity index (χ2n) is 11.5. The van der Waals surface area contributed by atoms with Crippen LogP contribution >= 0.6 is 0 Å². The van der Waals surface area contributed by atoms with Gasteiger partial charge < -0.3 is 15.7 Å². The minimum Gasteiger partial charge on any atom is -0.508 e. The Morgan fingerprint density at radius 2 is 1.60 bits per heavy atom. The number of imidazole rings is 1. The molecule has 4 heterocycles. The predicted molar refractivity (Wildman–Crippen MR) is 187 cm³/mol. The third-order valence-corrected chi connectivity index (χ3v) is 8.45. The number of phenols is 1. The number of nitrogens with two attached hydrogens (primary N) is 1. The van der Waals surface area contributed by atoms with Crippen molar-refractivity contribution in [3.05, 3.63) is 120 Å². The number of carbonyl (C=O) groups excluding carboxylic acids is 1. The lowest BCUT2D eigenvalue weighted by molar-refractivity contribution is 0.0628. The van der Waals surface area contributed by atoms with Crippen LogP contribution in [-0.4, -0.2) is 66.5 Å². The lowest BCUT2D eigenvalue weighted by atomic mass is 10.1. The van der Waals surface area contributed by atoms with Gasteiger partial charge in [0.2, 0.25) is 0 Å². The van der Waals surface area contributed by atoms with E-state index in [0.717, 1.165) is 36.4 Å². The number of nitrogen functional groups attached to an aromatic ring is 1. The molecular weight excluding hydrogens is 605 g/mol. The summed E-state index contributed by atoms with van der Waals surface area (Å²) in [6, 6.07) is 27.1. The monoisotopic (exact) mass is 643 g/mol. The minimum absolute atomic E-state index is 0.0660. The van der Waals surface area contributed by atoms with Crippen molar-refractivity contribution < 1.29 is 14.3 Å². The molecule has 0 spiro atoms. The Balaban J connectivity index is 0.00000197. The van der Waals surface area contributed by atoms with Crippen molar-refractivity contribution >= 4 is 22.9 Å². The molecule has 0 radical (unpaired) electrons. The molecule has 1 aliphatic rings. The average molecular weight is 644 g/mol. The number of fused-ring (bicyclic) bond motifs is 1. The number of hydrogen-bond donors (Lipinski definition) is 2. The molecule has 3 N–H and O–H groups in total. The molecule has 6 aromatic rings. The Bertz CT molecular complexity index is 2070. The van der Waals surface area contributed by atoms with Gasteiger partial charge in [0, 0.05) is 55.7 Å². The van der Waals surface area contributed by atoms with E-state index in [4.69, 9.17) is 15.7 Å². The third kappa shape index (κ3) is 6.47. The summed E-state index contributed by atoms with van der Waals surface area (Å²) >= 11 is 0. The summed E-state index contributed by atoms with van der Waals surface area (Å²) in [5.41, 5.74) is 12.3. The van der Waals surface area contributed by atoms with E-state index in [2.05, 4.69) is 22.0 Å². The topological polar surface area (TPSA) is 113 Å². The second-order valence-corrected chi connectivity index (χ2v) is 11.5. The molecule has 0 saturated carbocycles. The number of aromatic nitrogens is 4. The highest BCUT2D eigenvalue weighted by Crippen LogP contribution is 2.32. The highest BCUT2D eigenvalue weighted by Gasteiger charge is 2.23. The number of anilines is 1. The van der Waals surface area contributed by atoms with Crippen LogP contribution in [0.5, 0.6) is 5.75 Å². The molecule has 10 heteroatoms. The van der Waals surface area contributed by atoms with Crippen LogP contribution in [0.1, 0.15) is 35.3 Å². The first-order valence-corrected chi connectivity index (χ1v) is 16.1. The van der Waals surface area contributed by atoms with Crippen LogP contribution in [0, 0.1) is 12.7 Å². The van der Waals surface area contributed by atoms with Gasteiger partial charge in [0.15, 0.2) is 11.5 Å². The molecule has 1 amide bonds. The Morgan fingerprint density at radius 3 is 2.31 bits per heavy atom. The van der Waals surface area contributed by atoms with E-state index in [1.54, 1.807) is 48.7 Å². The second kappa shape index (κ2) is 14.0. The zero-order valence-corrected chi connectivity index (χ0v) is 27.3. The molecule has 7 rings (SSSR count). The van der Waals surface area contributed by atoms with Crippen molar-refractivity contribution in [2.45, 2.75) is 27.3 Å². The number of nitrogens with zero attached hydrogens (tertiary/aromatic N) is 6. The summed E-state index contributed by atoms with van der Waals surface area (Å²) in [5.74, 6) is 0.662. The molecule has 0 unspecified atom stereocenters. The number of benzene rings is 3. The molecule has 0 atom stereocenters. The molecule has 244 valence electrons. The standard InChI is InChI=1S/C36H32FN7O2.C2H6/c1-23-8-11-25(21-32(23)45)36(46)43-19-17-42(18-20-43)22-24-9-12-26(13-10-24)44-34(28-6-4-16-39-33(28)38)41-31-15-14-30(40-35(31)44)27-5-2-3-7-29(27)37;1-2/h2-16,21,45H,17-20,22H2,1H3,(H2,38,39);1-2H3. The van der Waals surface area contributed by atoms with Gasteiger partial charge in [-0.05, 0) is 78.7 Å². The molecule has 9 nitrogen and oxygen atoms in total. The zero-order chi connectivity index (χ0) is 33.8. The van der Waals surface area contributed by atoms with Crippen molar-refractivity contribution in [3.8, 4) is 34.1 Å². The molecule has 0 aliphatic carbocycles. The van der Waals surface area contributed by atoms with E-state index >= 15 is 0 Å². The molecule has 48 heavy (non-hydrogen) atoms. The minimum atomic E-state index is -0.346. The van der Waals surface area contributed by atoms with Gasteiger partial charge >= 0.3 is 0 Å². The number of aromatic hydroxyl groups is 1. The molecule has 1 saturated heterocycles. The summed E-state index contributed by atoms with van der Waals surface area (Å²) in [5, 5.41) is 10.0. The van der Waals surface area contributed by atoms with Gasteiger partial charge in [-0.3, -0.25) is 14.3 Å². The Kier molecular flexibility index (Phi) is 9.45. The molecular formula is C38H38FN7O2. The van der Waals surface area contributed by atoms with Crippen molar-refractivity contribution in [1.29, 1.82) is 0 Å².